The van der Waals surface area contributed by atoms with Gasteiger partial charge in [-0.3, -0.25) is 0 Å². The quantitative estimate of drug-likeness (QED) is 0.578. The number of imidazole rings is 1. The largest absolute Gasteiger partial charge is 0.489 e. The molecule has 3 aromatic carbocycles. The zero-order valence-corrected chi connectivity index (χ0v) is 13.7. The smallest absolute Gasteiger partial charge is 0.138 e. The van der Waals surface area contributed by atoms with Crippen LogP contribution in [0, 0.1) is 17.1 Å². The van der Waals surface area contributed by atoms with Gasteiger partial charge < -0.3 is 9.72 Å². The van der Waals surface area contributed by atoms with Gasteiger partial charge in [-0.15, -0.1) is 0 Å². The van der Waals surface area contributed by atoms with E-state index in [1.165, 1.54) is 6.07 Å². The summed E-state index contributed by atoms with van der Waals surface area (Å²) in [6.07, 6.45) is 0. The summed E-state index contributed by atoms with van der Waals surface area (Å²) in [5.41, 5.74) is 3.44. The molecule has 0 saturated carbocycles. The van der Waals surface area contributed by atoms with Crippen molar-refractivity contribution in [1.29, 1.82) is 5.26 Å². The number of nitriles is 1. The number of benzene rings is 3. The van der Waals surface area contributed by atoms with Gasteiger partial charge in [0.05, 0.1) is 22.7 Å². The molecule has 4 aromatic rings. The molecule has 26 heavy (non-hydrogen) atoms. The first-order valence-electron chi connectivity index (χ1n) is 8.09. The molecule has 0 bridgehead atoms. The fraction of sp³-hybridized carbons (Fsp3) is 0.0476. The van der Waals surface area contributed by atoms with Gasteiger partial charge in [0.25, 0.3) is 0 Å². The van der Waals surface area contributed by atoms with E-state index in [0.29, 0.717) is 11.3 Å². The standard InChI is InChI=1S/C21H14FN3O/c22-18-10-14(12-23)8-9-16(18)13-26-17-5-3-4-15(11-17)21-24-19-6-1-2-7-20(19)25-21/h1-11H,13H2,(H,24,25). The predicted molar refractivity (Wildman–Crippen MR) is 97.0 cm³/mol. The Hall–Kier alpha value is -3.65. The second kappa shape index (κ2) is 6.69. The molecule has 0 aliphatic heterocycles. The molecule has 4 nitrogen and oxygen atoms in total. The molecule has 0 aliphatic rings. The van der Waals surface area contributed by atoms with Crippen molar-refractivity contribution in [2.75, 3.05) is 0 Å². The molecule has 0 unspecified atom stereocenters. The molecule has 1 N–H and O–H groups in total. The molecule has 1 heterocycles. The number of aromatic nitrogens is 2. The minimum atomic E-state index is -0.447. The Balaban J connectivity index is 1.55. The van der Waals surface area contributed by atoms with Gasteiger partial charge in [0.15, 0.2) is 0 Å². The zero-order chi connectivity index (χ0) is 17.9. The van der Waals surface area contributed by atoms with E-state index in [1.54, 1.807) is 12.1 Å². The van der Waals surface area contributed by atoms with Crippen molar-refractivity contribution in [2.24, 2.45) is 0 Å². The monoisotopic (exact) mass is 343 g/mol. The Labute approximate surface area is 149 Å². The molecule has 4 rings (SSSR count). The molecule has 0 radical (unpaired) electrons. The molecule has 0 amide bonds. The van der Waals surface area contributed by atoms with E-state index in [-0.39, 0.29) is 12.2 Å². The van der Waals surface area contributed by atoms with E-state index in [9.17, 15) is 4.39 Å². The maximum atomic E-state index is 14.0. The van der Waals surface area contributed by atoms with E-state index in [4.69, 9.17) is 10.00 Å². The number of para-hydroxylation sites is 2. The van der Waals surface area contributed by atoms with Crippen LogP contribution >= 0.6 is 0 Å². The SMILES string of the molecule is N#Cc1ccc(COc2cccc(-c3nc4ccccc4[nH]3)c2)c(F)c1. The summed E-state index contributed by atoms with van der Waals surface area (Å²) >= 11 is 0. The van der Waals surface area contributed by atoms with E-state index < -0.39 is 5.82 Å². The average molecular weight is 343 g/mol. The molecule has 0 spiro atoms. The van der Waals surface area contributed by atoms with Crippen LogP contribution in [0.2, 0.25) is 0 Å². The first-order valence-corrected chi connectivity index (χ1v) is 8.09. The van der Waals surface area contributed by atoms with Gasteiger partial charge in [-0.2, -0.15) is 5.26 Å². The zero-order valence-electron chi connectivity index (χ0n) is 13.7. The molecular formula is C21H14FN3O. The fourth-order valence-electron chi connectivity index (χ4n) is 2.72. The van der Waals surface area contributed by atoms with E-state index >= 15 is 0 Å². The van der Waals surface area contributed by atoms with Crippen LogP contribution in [0.4, 0.5) is 4.39 Å². The van der Waals surface area contributed by atoms with Crippen LogP contribution in [0.1, 0.15) is 11.1 Å². The van der Waals surface area contributed by atoms with E-state index in [0.717, 1.165) is 22.4 Å². The van der Waals surface area contributed by atoms with E-state index in [1.807, 2.05) is 54.6 Å². The summed E-state index contributed by atoms with van der Waals surface area (Å²) in [4.78, 5) is 7.85. The summed E-state index contributed by atoms with van der Waals surface area (Å²) in [5, 5.41) is 8.80. The second-order valence-corrected chi connectivity index (χ2v) is 5.84. The lowest BCUT2D eigenvalue weighted by Gasteiger charge is -2.08. The Morgan fingerprint density at radius 1 is 1.04 bits per heavy atom. The number of nitrogens with one attached hydrogen (secondary N) is 1. The lowest BCUT2D eigenvalue weighted by molar-refractivity contribution is 0.300. The molecule has 5 heteroatoms. The van der Waals surface area contributed by atoms with Crippen molar-refractivity contribution in [2.45, 2.75) is 6.61 Å². The summed E-state index contributed by atoms with van der Waals surface area (Å²) in [6, 6.07) is 21.6. The lowest BCUT2D eigenvalue weighted by atomic mass is 10.1. The number of H-pyrrole nitrogens is 1. The second-order valence-electron chi connectivity index (χ2n) is 5.84. The number of halogens is 1. The number of nitrogens with zero attached hydrogens (tertiary/aromatic N) is 2. The van der Waals surface area contributed by atoms with Gasteiger partial charge >= 0.3 is 0 Å². The highest BCUT2D eigenvalue weighted by atomic mass is 19.1. The van der Waals surface area contributed by atoms with E-state index in [2.05, 4.69) is 9.97 Å². The first kappa shape index (κ1) is 15.9. The number of ether oxygens (including phenoxy) is 1. The van der Waals surface area contributed by atoms with Crippen LogP contribution in [0.15, 0.2) is 66.7 Å². The predicted octanol–water partition coefficient (Wildman–Crippen LogP) is 4.82. The van der Waals surface area contributed by atoms with Crippen molar-refractivity contribution < 1.29 is 9.13 Å². The topological polar surface area (TPSA) is 61.7 Å². The van der Waals surface area contributed by atoms with Crippen molar-refractivity contribution in [3.05, 3.63) is 83.7 Å². The third kappa shape index (κ3) is 3.13. The van der Waals surface area contributed by atoms with Gasteiger partial charge in [-0.25, -0.2) is 9.37 Å². The van der Waals surface area contributed by atoms with Crippen molar-refractivity contribution in [3.63, 3.8) is 0 Å². The van der Waals surface area contributed by atoms with Gasteiger partial charge in [-0.1, -0.05) is 30.3 Å². The third-order valence-corrected chi connectivity index (χ3v) is 4.07. The fourth-order valence-corrected chi connectivity index (χ4v) is 2.72. The third-order valence-electron chi connectivity index (χ3n) is 4.07. The number of aromatic amines is 1. The van der Waals surface area contributed by atoms with Crippen LogP contribution in [0.3, 0.4) is 0 Å². The van der Waals surface area contributed by atoms with Gasteiger partial charge in [-0.05, 0) is 36.4 Å². The Morgan fingerprint density at radius 3 is 2.73 bits per heavy atom. The molecular weight excluding hydrogens is 329 g/mol. The molecule has 0 saturated heterocycles. The summed E-state index contributed by atoms with van der Waals surface area (Å²) in [7, 11) is 0. The highest BCUT2D eigenvalue weighted by Crippen LogP contribution is 2.25. The molecule has 1 aromatic heterocycles. The van der Waals surface area contributed by atoms with Crippen LogP contribution in [0.25, 0.3) is 22.4 Å². The first-order chi connectivity index (χ1) is 12.7. The maximum Gasteiger partial charge on any atom is 0.138 e. The lowest BCUT2D eigenvalue weighted by Crippen LogP contribution is -1.99. The maximum absolute atomic E-state index is 14.0. The van der Waals surface area contributed by atoms with Gasteiger partial charge in [0, 0.05) is 11.1 Å². The highest BCUT2D eigenvalue weighted by Gasteiger charge is 2.08. The average Bonchev–Trinajstić information content (AvgIpc) is 3.11. The molecule has 0 atom stereocenters. The Bertz CT molecular complexity index is 1090. The number of fused-ring (bicyclic) bond motifs is 1. The molecule has 0 fully saturated rings. The van der Waals surface area contributed by atoms with Crippen molar-refractivity contribution >= 4 is 11.0 Å². The summed E-state index contributed by atoms with van der Waals surface area (Å²) in [6.45, 7) is 0.0844. The van der Waals surface area contributed by atoms with Gasteiger partial charge in [0.2, 0.25) is 0 Å². The Morgan fingerprint density at radius 2 is 1.92 bits per heavy atom. The minimum absolute atomic E-state index is 0.0844. The number of hydrogen-bond donors (Lipinski definition) is 1. The molecule has 0 aliphatic carbocycles. The van der Waals surface area contributed by atoms with Crippen molar-refractivity contribution in [1.82, 2.24) is 9.97 Å². The normalized spacial score (nSPS) is 10.6. The van der Waals surface area contributed by atoms with Crippen LogP contribution in [0.5, 0.6) is 5.75 Å². The highest BCUT2D eigenvalue weighted by molar-refractivity contribution is 5.79. The molecule has 126 valence electrons. The Kier molecular flexibility index (Phi) is 4.08. The van der Waals surface area contributed by atoms with Gasteiger partial charge in [0.1, 0.15) is 24.0 Å². The van der Waals surface area contributed by atoms with Crippen LogP contribution in [-0.4, -0.2) is 9.97 Å². The summed E-state index contributed by atoms with van der Waals surface area (Å²) < 4.78 is 19.7. The van der Waals surface area contributed by atoms with Crippen LogP contribution < -0.4 is 4.74 Å². The minimum Gasteiger partial charge on any atom is -0.489 e. The van der Waals surface area contributed by atoms with Crippen molar-refractivity contribution in [3.8, 4) is 23.2 Å². The summed E-state index contributed by atoms with van der Waals surface area (Å²) in [5.74, 6) is 0.922. The van der Waals surface area contributed by atoms with Crippen LogP contribution in [-0.2, 0) is 6.61 Å². The number of hydrogen-bond acceptors (Lipinski definition) is 3. The number of rotatable bonds is 4.